The summed E-state index contributed by atoms with van der Waals surface area (Å²) in [6, 6.07) is 3.29. The summed E-state index contributed by atoms with van der Waals surface area (Å²) in [5.74, 6) is -0.424. The molecule has 0 saturated heterocycles. The number of aliphatic hydroxyl groups excluding tert-OH is 1. The first-order chi connectivity index (χ1) is 10.1. The van der Waals surface area contributed by atoms with Gasteiger partial charge < -0.3 is 14.5 Å². The molecule has 1 N–H and O–H groups in total. The van der Waals surface area contributed by atoms with Crippen LogP contribution in [0, 0.1) is 11.6 Å². The van der Waals surface area contributed by atoms with Gasteiger partial charge in [-0.3, -0.25) is 0 Å². The Morgan fingerprint density at radius 2 is 2.14 bits per heavy atom. The number of anilines is 1. The smallest absolute Gasteiger partial charge is 0.246 e. The van der Waals surface area contributed by atoms with Crippen molar-refractivity contribution in [3.8, 4) is 0 Å². The normalized spacial score (nSPS) is 10.9. The Kier molecular flexibility index (Phi) is 5.21. The van der Waals surface area contributed by atoms with Gasteiger partial charge in [0, 0.05) is 19.0 Å². The highest BCUT2D eigenvalue weighted by molar-refractivity contribution is 5.47. The minimum atomic E-state index is -0.697. The fraction of sp³-hybridized carbons (Fsp3) is 0.429. The molecule has 114 valence electrons. The van der Waals surface area contributed by atoms with Crippen LogP contribution in [0.5, 0.6) is 0 Å². The molecule has 0 aliphatic carbocycles. The lowest BCUT2D eigenvalue weighted by Gasteiger charge is -2.22. The zero-order valence-electron chi connectivity index (χ0n) is 11.7. The van der Waals surface area contributed by atoms with Crippen LogP contribution >= 0.6 is 0 Å². The van der Waals surface area contributed by atoms with Gasteiger partial charge in [-0.1, -0.05) is 12.1 Å². The second-order valence-corrected chi connectivity index (χ2v) is 4.60. The van der Waals surface area contributed by atoms with Gasteiger partial charge in [-0.05, 0) is 18.6 Å². The van der Waals surface area contributed by atoms with Gasteiger partial charge in [-0.15, -0.1) is 0 Å². The quantitative estimate of drug-likeness (QED) is 0.849. The number of benzene rings is 1. The van der Waals surface area contributed by atoms with Crippen molar-refractivity contribution in [2.45, 2.75) is 26.3 Å². The molecular formula is C14H17F2N3O2. The van der Waals surface area contributed by atoms with Crippen molar-refractivity contribution in [3.63, 3.8) is 0 Å². The molecule has 1 aromatic heterocycles. The third-order valence-electron chi connectivity index (χ3n) is 2.93. The summed E-state index contributed by atoms with van der Waals surface area (Å²) in [4.78, 5) is 5.72. The van der Waals surface area contributed by atoms with Crippen LogP contribution in [-0.4, -0.2) is 28.4 Å². The molecule has 1 heterocycles. The SMILES string of the molecule is CCCc1noc(CN(CCO)c2ccc(F)cc2F)n1. The van der Waals surface area contributed by atoms with E-state index in [2.05, 4.69) is 10.1 Å². The molecule has 0 spiro atoms. The number of hydrogen-bond donors (Lipinski definition) is 1. The molecule has 0 fully saturated rings. The van der Waals surface area contributed by atoms with Crippen LogP contribution in [0.4, 0.5) is 14.5 Å². The van der Waals surface area contributed by atoms with Crippen LogP contribution in [0.3, 0.4) is 0 Å². The molecule has 0 radical (unpaired) electrons. The maximum atomic E-state index is 13.8. The lowest BCUT2D eigenvalue weighted by Crippen LogP contribution is -2.27. The molecule has 0 aliphatic heterocycles. The van der Waals surface area contributed by atoms with E-state index in [1.54, 1.807) is 0 Å². The first kappa shape index (κ1) is 15.4. The number of nitrogens with zero attached hydrogens (tertiary/aromatic N) is 3. The van der Waals surface area contributed by atoms with Crippen LogP contribution in [0.2, 0.25) is 0 Å². The highest BCUT2D eigenvalue weighted by Crippen LogP contribution is 2.21. The maximum Gasteiger partial charge on any atom is 0.246 e. The Labute approximate surface area is 121 Å². The van der Waals surface area contributed by atoms with E-state index < -0.39 is 11.6 Å². The second kappa shape index (κ2) is 7.12. The summed E-state index contributed by atoms with van der Waals surface area (Å²) in [6.07, 6.45) is 1.60. The van der Waals surface area contributed by atoms with Crippen molar-refractivity contribution < 1.29 is 18.4 Å². The summed E-state index contributed by atoms with van der Waals surface area (Å²) in [6.45, 7) is 2.16. The predicted octanol–water partition coefficient (Wildman–Crippen LogP) is 2.30. The third-order valence-corrected chi connectivity index (χ3v) is 2.93. The molecule has 1 aromatic carbocycles. The fourth-order valence-electron chi connectivity index (χ4n) is 1.99. The molecule has 5 nitrogen and oxygen atoms in total. The highest BCUT2D eigenvalue weighted by atomic mass is 19.1. The Balaban J connectivity index is 2.17. The Morgan fingerprint density at radius 3 is 2.81 bits per heavy atom. The molecular weight excluding hydrogens is 280 g/mol. The zero-order chi connectivity index (χ0) is 15.2. The van der Waals surface area contributed by atoms with Gasteiger partial charge in [0.05, 0.1) is 18.8 Å². The maximum absolute atomic E-state index is 13.8. The zero-order valence-corrected chi connectivity index (χ0v) is 11.7. The standard InChI is InChI=1S/C14H17F2N3O2/c1-2-3-13-17-14(21-18-13)9-19(6-7-20)12-5-4-10(15)8-11(12)16/h4-5,8,20H,2-3,6-7,9H2,1H3. The summed E-state index contributed by atoms with van der Waals surface area (Å²) >= 11 is 0. The van der Waals surface area contributed by atoms with Crippen LogP contribution in [0.1, 0.15) is 25.1 Å². The van der Waals surface area contributed by atoms with E-state index in [0.717, 1.165) is 12.5 Å². The van der Waals surface area contributed by atoms with Gasteiger partial charge in [0.25, 0.3) is 0 Å². The predicted molar refractivity (Wildman–Crippen MR) is 72.8 cm³/mol. The number of halogens is 2. The van der Waals surface area contributed by atoms with Crippen LogP contribution in [-0.2, 0) is 13.0 Å². The monoisotopic (exact) mass is 297 g/mol. The van der Waals surface area contributed by atoms with E-state index in [1.807, 2.05) is 6.92 Å². The molecule has 0 saturated carbocycles. The van der Waals surface area contributed by atoms with Crippen molar-refractivity contribution in [3.05, 3.63) is 41.5 Å². The van der Waals surface area contributed by atoms with Crippen molar-refractivity contribution in [1.82, 2.24) is 10.1 Å². The van der Waals surface area contributed by atoms with E-state index in [4.69, 9.17) is 9.63 Å². The summed E-state index contributed by atoms with van der Waals surface area (Å²) in [7, 11) is 0. The molecule has 2 rings (SSSR count). The Bertz CT molecular complexity index is 589. The number of aliphatic hydroxyl groups is 1. The molecule has 7 heteroatoms. The molecule has 0 bridgehead atoms. The van der Waals surface area contributed by atoms with E-state index in [-0.39, 0.29) is 25.4 Å². The summed E-state index contributed by atoms with van der Waals surface area (Å²) < 4.78 is 31.9. The number of rotatable bonds is 7. The Hall–Kier alpha value is -2.02. The number of hydrogen-bond acceptors (Lipinski definition) is 5. The molecule has 0 amide bonds. The van der Waals surface area contributed by atoms with E-state index >= 15 is 0 Å². The van der Waals surface area contributed by atoms with Crippen molar-refractivity contribution in [2.24, 2.45) is 0 Å². The lowest BCUT2D eigenvalue weighted by atomic mass is 10.2. The van der Waals surface area contributed by atoms with Gasteiger partial charge >= 0.3 is 0 Å². The summed E-state index contributed by atoms with van der Waals surface area (Å²) in [5.41, 5.74) is 0.181. The van der Waals surface area contributed by atoms with Crippen LogP contribution in [0.25, 0.3) is 0 Å². The third kappa shape index (κ3) is 3.98. The number of aromatic nitrogens is 2. The van der Waals surface area contributed by atoms with Gasteiger partial charge in [0.1, 0.15) is 11.6 Å². The fourth-order valence-corrected chi connectivity index (χ4v) is 1.99. The van der Waals surface area contributed by atoms with E-state index in [9.17, 15) is 8.78 Å². The molecule has 2 aromatic rings. The largest absolute Gasteiger partial charge is 0.395 e. The van der Waals surface area contributed by atoms with Gasteiger partial charge in [0.15, 0.2) is 5.82 Å². The van der Waals surface area contributed by atoms with E-state index in [0.29, 0.717) is 18.1 Å². The minimum Gasteiger partial charge on any atom is -0.395 e. The lowest BCUT2D eigenvalue weighted by molar-refractivity contribution is 0.297. The van der Waals surface area contributed by atoms with Gasteiger partial charge in [-0.2, -0.15) is 4.98 Å². The van der Waals surface area contributed by atoms with Crippen molar-refractivity contribution in [1.29, 1.82) is 0 Å². The van der Waals surface area contributed by atoms with E-state index in [1.165, 1.54) is 17.0 Å². The molecule has 21 heavy (non-hydrogen) atoms. The molecule has 0 unspecified atom stereocenters. The minimum absolute atomic E-state index is 0.153. The average molecular weight is 297 g/mol. The van der Waals surface area contributed by atoms with Crippen molar-refractivity contribution >= 4 is 5.69 Å². The highest BCUT2D eigenvalue weighted by Gasteiger charge is 2.16. The van der Waals surface area contributed by atoms with Gasteiger partial charge in [-0.25, -0.2) is 8.78 Å². The van der Waals surface area contributed by atoms with Gasteiger partial charge in [0.2, 0.25) is 5.89 Å². The first-order valence-corrected chi connectivity index (χ1v) is 6.76. The first-order valence-electron chi connectivity index (χ1n) is 6.76. The number of aryl methyl sites for hydroxylation is 1. The topological polar surface area (TPSA) is 62.4 Å². The second-order valence-electron chi connectivity index (χ2n) is 4.60. The molecule has 0 aliphatic rings. The molecule has 0 atom stereocenters. The van der Waals surface area contributed by atoms with Crippen molar-refractivity contribution in [2.75, 3.05) is 18.1 Å². The van der Waals surface area contributed by atoms with Crippen LogP contribution < -0.4 is 4.90 Å². The average Bonchev–Trinajstić information content (AvgIpc) is 2.86. The summed E-state index contributed by atoms with van der Waals surface area (Å²) in [5, 5.41) is 12.9. The van der Waals surface area contributed by atoms with Crippen LogP contribution in [0.15, 0.2) is 22.7 Å². The Morgan fingerprint density at radius 1 is 1.33 bits per heavy atom.